The molecule has 2 heteroatoms. The van der Waals surface area contributed by atoms with Crippen LogP contribution in [0.25, 0.3) is 0 Å². The van der Waals surface area contributed by atoms with E-state index >= 15 is 0 Å². The predicted octanol–water partition coefficient (Wildman–Crippen LogP) is 5.54. The number of pyridine rings is 1. The molecule has 1 aliphatic rings. The van der Waals surface area contributed by atoms with Crippen LogP contribution < -0.4 is 4.74 Å². The van der Waals surface area contributed by atoms with Gasteiger partial charge in [0.25, 0.3) is 0 Å². The summed E-state index contributed by atoms with van der Waals surface area (Å²) in [6.07, 6.45) is 10.6. The lowest BCUT2D eigenvalue weighted by atomic mass is 9.92. The first-order chi connectivity index (χ1) is 10.1. The lowest BCUT2D eigenvalue weighted by Crippen LogP contribution is -2.00. The summed E-state index contributed by atoms with van der Waals surface area (Å²) in [5.41, 5.74) is 4.07. The monoisotopic (exact) mass is 283 g/mol. The molecule has 0 aromatic carbocycles. The van der Waals surface area contributed by atoms with Crippen molar-refractivity contribution in [3.05, 3.63) is 59.5 Å². The summed E-state index contributed by atoms with van der Waals surface area (Å²) in [5, 5.41) is 0. The largest absolute Gasteiger partial charge is 0.439 e. The molecule has 0 bridgehead atoms. The fraction of sp³-hybridized carbons (Fsp3) is 0.421. The third-order valence-corrected chi connectivity index (χ3v) is 3.96. The molecule has 0 saturated carbocycles. The van der Waals surface area contributed by atoms with Crippen molar-refractivity contribution in [1.82, 2.24) is 4.98 Å². The second-order valence-electron chi connectivity index (χ2n) is 5.95. The van der Waals surface area contributed by atoms with Crippen LogP contribution in [0.5, 0.6) is 5.88 Å². The zero-order valence-corrected chi connectivity index (χ0v) is 13.4. The standard InChI is InChI=1S/C19H25NO/c1-5-18(12-16-9-7-6-8-15(16)4)21-19-11-10-17(13-20-19)14(2)3/h5,10-14H,1,6-9H2,2-4H3/b18-12+. The molecule has 0 amide bonds. The molecule has 0 N–H and O–H groups in total. The van der Waals surface area contributed by atoms with Crippen LogP contribution in [-0.2, 0) is 0 Å². The highest BCUT2D eigenvalue weighted by atomic mass is 16.5. The summed E-state index contributed by atoms with van der Waals surface area (Å²) in [7, 11) is 0. The minimum atomic E-state index is 0.482. The van der Waals surface area contributed by atoms with E-state index in [1.165, 1.54) is 36.0 Å². The first kappa shape index (κ1) is 15.6. The van der Waals surface area contributed by atoms with Crippen molar-refractivity contribution in [3.8, 4) is 5.88 Å². The predicted molar refractivity (Wildman–Crippen MR) is 88.4 cm³/mol. The number of allylic oxidation sites excluding steroid dienone is 4. The smallest absolute Gasteiger partial charge is 0.219 e. The fourth-order valence-corrected chi connectivity index (χ4v) is 2.49. The number of hydrogen-bond donors (Lipinski definition) is 0. The van der Waals surface area contributed by atoms with E-state index in [0.29, 0.717) is 11.8 Å². The summed E-state index contributed by atoms with van der Waals surface area (Å²) in [6, 6.07) is 3.99. The Bertz CT molecular complexity index is 549. The van der Waals surface area contributed by atoms with Crippen molar-refractivity contribution in [1.29, 1.82) is 0 Å². The molecule has 0 atom stereocenters. The zero-order chi connectivity index (χ0) is 15.2. The van der Waals surface area contributed by atoms with Crippen LogP contribution >= 0.6 is 0 Å². The van der Waals surface area contributed by atoms with Crippen molar-refractivity contribution in [2.45, 2.75) is 52.4 Å². The van der Waals surface area contributed by atoms with Crippen molar-refractivity contribution in [3.63, 3.8) is 0 Å². The second kappa shape index (κ2) is 7.26. The first-order valence-corrected chi connectivity index (χ1v) is 7.76. The number of nitrogens with zero attached hydrogens (tertiary/aromatic N) is 1. The fourth-order valence-electron chi connectivity index (χ4n) is 2.49. The second-order valence-corrected chi connectivity index (χ2v) is 5.95. The van der Waals surface area contributed by atoms with Gasteiger partial charge in [-0.3, -0.25) is 0 Å². The Hall–Kier alpha value is -1.83. The maximum atomic E-state index is 5.85. The summed E-state index contributed by atoms with van der Waals surface area (Å²) in [4.78, 5) is 4.37. The number of hydrogen-bond acceptors (Lipinski definition) is 2. The Morgan fingerprint density at radius 2 is 2.05 bits per heavy atom. The molecule has 1 aromatic rings. The van der Waals surface area contributed by atoms with E-state index in [1.807, 2.05) is 12.3 Å². The molecule has 0 aliphatic heterocycles. The Balaban J connectivity index is 2.13. The lowest BCUT2D eigenvalue weighted by molar-refractivity contribution is 0.425. The van der Waals surface area contributed by atoms with Crippen LogP contribution in [0.4, 0.5) is 0 Å². The summed E-state index contributed by atoms with van der Waals surface area (Å²) >= 11 is 0. The van der Waals surface area contributed by atoms with Crippen LogP contribution in [0.2, 0.25) is 0 Å². The van der Waals surface area contributed by atoms with Gasteiger partial charge in [-0.2, -0.15) is 0 Å². The minimum absolute atomic E-state index is 0.482. The van der Waals surface area contributed by atoms with Gasteiger partial charge in [0.05, 0.1) is 0 Å². The SMILES string of the molecule is C=C/C(=C\C1=C(C)CCCC1)Oc1ccc(C(C)C)cn1. The van der Waals surface area contributed by atoms with E-state index in [0.717, 1.165) is 12.2 Å². The van der Waals surface area contributed by atoms with Crippen molar-refractivity contribution < 1.29 is 4.74 Å². The number of ether oxygens (including phenoxy) is 1. The third-order valence-electron chi connectivity index (χ3n) is 3.96. The van der Waals surface area contributed by atoms with Crippen molar-refractivity contribution in [2.75, 3.05) is 0 Å². The average Bonchev–Trinajstić information content (AvgIpc) is 2.49. The number of rotatable bonds is 5. The molecule has 0 unspecified atom stereocenters. The third kappa shape index (κ3) is 4.32. The highest BCUT2D eigenvalue weighted by Gasteiger charge is 2.09. The topological polar surface area (TPSA) is 22.1 Å². The molecule has 2 nitrogen and oxygen atoms in total. The quantitative estimate of drug-likeness (QED) is 0.522. The zero-order valence-electron chi connectivity index (χ0n) is 13.4. The molecule has 21 heavy (non-hydrogen) atoms. The van der Waals surface area contributed by atoms with E-state index in [9.17, 15) is 0 Å². The molecular formula is C19H25NO. The Morgan fingerprint density at radius 3 is 2.62 bits per heavy atom. The summed E-state index contributed by atoms with van der Waals surface area (Å²) in [6.45, 7) is 10.4. The molecule has 1 aliphatic carbocycles. The molecule has 112 valence electrons. The normalized spacial score (nSPS) is 16.3. The van der Waals surface area contributed by atoms with E-state index < -0.39 is 0 Å². The van der Waals surface area contributed by atoms with Gasteiger partial charge in [0.1, 0.15) is 5.76 Å². The molecule has 0 saturated heterocycles. The highest BCUT2D eigenvalue weighted by molar-refractivity contribution is 5.33. The van der Waals surface area contributed by atoms with Gasteiger partial charge in [0.2, 0.25) is 5.88 Å². The Labute approximate surface area is 128 Å². The van der Waals surface area contributed by atoms with Crippen LogP contribution in [0.1, 0.15) is 57.9 Å². The lowest BCUT2D eigenvalue weighted by Gasteiger charge is -2.16. The molecule has 0 spiro atoms. The summed E-state index contributed by atoms with van der Waals surface area (Å²) < 4.78 is 5.85. The van der Waals surface area contributed by atoms with E-state index in [4.69, 9.17) is 4.74 Å². The van der Waals surface area contributed by atoms with Gasteiger partial charge in [-0.15, -0.1) is 0 Å². The van der Waals surface area contributed by atoms with Gasteiger partial charge < -0.3 is 4.74 Å². The van der Waals surface area contributed by atoms with E-state index in [1.54, 1.807) is 6.08 Å². The van der Waals surface area contributed by atoms with E-state index in [-0.39, 0.29) is 0 Å². The Kier molecular flexibility index (Phi) is 5.38. The molecular weight excluding hydrogens is 258 g/mol. The van der Waals surface area contributed by atoms with Crippen LogP contribution in [-0.4, -0.2) is 4.98 Å². The van der Waals surface area contributed by atoms with Crippen LogP contribution in [0, 0.1) is 0 Å². The first-order valence-electron chi connectivity index (χ1n) is 7.76. The van der Waals surface area contributed by atoms with Gasteiger partial charge in [-0.25, -0.2) is 4.98 Å². The minimum Gasteiger partial charge on any atom is -0.439 e. The van der Waals surface area contributed by atoms with Gasteiger partial charge in [0.15, 0.2) is 0 Å². The molecule has 0 fully saturated rings. The molecule has 0 radical (unpaired) electrons. The number of aromatic nitrogens is 1. The van der Waals surface area contributed by atoms with Gasteiger partial charge in [-0.1, -0.05) is 32.1 Å². The van der Waals surface area contributed by atoms with Crippen molar-refractivity contribution >= 4 is 0 Å². The van der Waals surface area contributed by atoms with Crippen LogP contribution in [0.15, 0.2) is 54.0 Å². The molecule has 2 rings (SSSR count). The van der Waals surface area contributed by atoms with Crippen molar-refractivity contribution in [2.24, 2.45) is 0 Å². The molecule has 1 aromatic heterocycles. The summed E-state index contributed by atoms with van der Waals surface area (Å²) in [5.74, 6) is 1.88. The van der Waals surface area contributed by atoms with Crippen LogP contribution in [0.3, 0.4) is 0 Å². The molecule has 1 heterocycles. The average molecular weight is 283 g/mol. The maximum Gasteiger partial charge on any atom is 0.219 e. The Morgan fingerprint density at radius 1 is 1.29 bits per heavy atom. The highest BCUT2D eigenvalue weighted by Crippen LogP contribution is 2.26. The van der Waals surface area contributed by atoms with Gasteiger partial charge in [0, 0.05) is 12.3 Å². The maximum absolute atomic E-state index is 5.85. The van der Waals surface area contributed by atoms with E-state index in [2.05, 4.69) is 44.5 Å². The van der Waals surface area contributed by atoms with Gasteiger partial charge in [-0.05, 0) is 61.8 Å². The van der Waals surface area contributed by atoms with Gasteiger partial charge >= 0.3 is 0 Å².